The zero-order chi connectivity index (χ0) is 14.3. The fourth-order valence-electron chi connectivity index (χ4n) is 1.51. The van der Waals surface area contributed by atoms with Gasteiger partial charge in [0.25, 0.3) is 0 Å². The average Bonchev–Trinajstić information content (AvgIpc) is 2.38. The number of sulfonamides is 1. The van der Waals surface area contributed by atoms with Crippen molar-refractivity contribution in [2.75, 3.05) is 12.3 Å². The quantitative estimate of drug-likeness (QED) is 0.464. The van der Waals surface area contributed by atoms with Gasteiger partial charge in [-0.3, -0.25) is 0 Å². The van der Waals surface area contributed by atoms with Crippen LogP contribution in [0.25, 0.3) is 0 Å². The molecule has 19 heavy (non-hydrogen) atoms. The smallest absolute Gasteiger partial charge is 0.241 e. The van der Waals surface area contributed by atoms with Crippen molar-refractivity contribution in [2.45, 2.75) is 24.2 Å². The SMILES string of the molecule is C#CCCCCNS(=O)(=O)c1ccc(N)cc1C#N. The fraction of sp³-hybridized carbons (Fsp3) is 0.308. The fourth-order valence-corrected chi connectivity index (χ4v) is 2.72. The maximum atomic E-state index is 12.0. The third kappa shape index (κ3) is 4.29. The molecule has 0 saturated carbocycles. The van der Waals surface area contributed by atoms with Crippen LogP contribution in [0.2, 0.25) is 0 Å². The van der Waals surface area contributed by atoms with E-state index in [9.17, 15) is 8.42 Å². The Labute approximate surface area is 113 Å². The Morgan fingerprint density at radius 2 is 2.11 bits per heavy atom. The molecule has 1 aromatic rings. The lowest BCUT2D eigenvalue weighted by atomic mass is 10.2. The highest BCUT2D eigenvalue weighted by atomic mass is 32.2. The van der Waals surface area contributed by atoms with Crippen LogP contribution >= 0.6 is 0 Å². The van der Waals surface area contributed by atoms with Crippen molar-refractivity contribution < 1.29 is 8.42 Å². The second kappa shape index (κ2) is 6.79. The molecule has 0 aliphatic carbocycles. The minimum atomic E-state index is -3.69. The molecule has 5 nitrogen and oxygen atoms in total. The number of nitrogen functional groups attached to an aromatic ring is 1. The van der Waals surface area contributed by atoms with Crippen LogP contribution in [-0.2, 0) is 10.0 Å². The number of nitrogens with one attached hydrogen (secondary N) is 1. The van der Waals surface area contributed by atoms with Gasteiger partial charge < -0.3 is 5.73 Å². The van der Waals surface area contributed by atoms with E-state index in [1.54, 1.807) is 0 Å². The first-order valence-corrected chi connectivity index (χ1v) is 7.22. The molecule has 0 fully saturated rings. The van der Waals surface area contributed by atoms with Crippen molar-refractivity contribution in [3.05, 3.63) is 23.8 Å². The molecule has 0 bridgehead atoms. The van der Waals surface area contributed by atoms with E-state index < -0.39 is 10.0 Å². The summed E-state index contributed by atoms with van der Waals surface area (Å²) in [4.78, 5) is -0.0545. The molecule has 1 rings (SSSR count). The van der Waals surface area contributed by atoms with E-state index in [4.69, 9.17) is 17.4 Å². The standard InChI is InChI=1S/C13H15N3O2S/c1-2-3-4-5-8-16-19(17,18)13-7-6-12(15)9-11(13)10-14/h1,6-7,9,16H,3-5,8,15H2. The monoisotopic (exact) mass is 277 g/mol. The van der Waals surface area contributed by atoms with Gasteiger partial charge in [0, 0.05) is 18.7 Å². The molecule has 0 aliphatic heterocycles. The molecule has 0 saturated heterocycles. The Bertz CT molecular complexity index is 624. The molecule has 0 radical (unpaired) electrons. The number of unbranched alkanes of at least 4 members (excludes halogenated alkanes) is 2. The molecule has 0 atom stereocenters. The van der Waals surface area contributed by atoms with E-state index in [1.807, 2.05) is 6.07 Å². The first kappa shape index (κ1) is 15.0. The first-order chi connectivity index (χ1) is 9.01. The van der Waals surface area contributed by atoms with E-state index in [1.165, 1.54) is 18.2 Å². The van der Waals surface area contributed by atoms with Gasteiger partial charge in [-0.2, -0.15) is 5.26 Å². The minimum absolute atomic E-state index is 0.0381. The predicted octanol–water partition coefficient (Wildman–Crippen LogP) is 1.22. The molecule has 0 aromatic heterocycles. The number of anilines is 1. The molecule has 0 spiro atoms. The van der Waals surface area contributed by atoms with Gasteiger partial charge in [0.15, 0.2) is 0 Å². The van der Waals surface area contributed by atoms with E-state index in [0.29, 0.717) is 25.1 Å². The van der Waals surface area contributed by atoms with Crippen LogP contribution < -0.4 is 10.5 Å². The van der Waals surface area contributed by atoms with Gasteiger partial charge in [-0.05, 0) is 31.0 Å². The van der Waals surface area contributed by atoms with Crippen molar-refractivity contribution in [1.82, 2.24) is 4.72 Å². The summed E-state index contributed by atoms with van der Waals surface area (Å²) in [5.74, 6) is 2.49. The van der Waals surface area contributed by atoms with E-state index >= 15 is 0 Å². The number of hydrogen-bond acceptors (Lipinski definition) is 4. The van der Waals surface area contributed by atoms with Crippen LogP contribution in [0, 0.1) is 23.7 Å². The zero-order valence-corrected chi connectivity index (χ0v) is 11.2. The summed E-state index contributed by atoms with van der Waals surface area (Å²) in [6, 6.07) is 5.95. The van der Waals surface area contributed by atoms with E-state index in [0.717, 1.165) is 6.42 Å². The van der Waals surface area contributed by atoms with Crippen LogP contribution in [-0.4, -0.2) is 15.0 Å². The number of nitrogens with zero attached hydrogens (tertiary/aromatic N) is 1. The van der Waals surface area contributed by atoms with Gasteiger partial charge in [0.2, 0.25) is 10.0 Å². The summed E-state index contributed by atoms with van der Waals surface area (Å²) in [7, 11) is -3.69. The molecule has 3 N–H and O–H groups in total. The molecule has 0 heterocycles. The van der Waals surface area contributed by atoms with Crippen LogP contribution in [0.4, 0.5) is 5.69 Å². The third-order valence-corrected chi connectivity index (χ3v) is 3.97. The third-order valence-electron chi connectivity index (χ3n) is 2.45. The average molecular weight is 277 g/mol. The maximum absolute atomic E-state index is 12.0. The number of nitriles is 1. The van der Waals surface area contributed by atoms with Crippen LogP contribution in [0.15, 0.2) is 23.1 Å². The molecule has 100 valence electrons. The summed E-state index contributed by atoms with van der Waals surface area (Å²) in [5.41, 5.74) is 5.91. The molecular weight excluding hydrogens is 262 g/mol. The lowest BCUT2D eigenvalue weighted by molar-refractivity contribution is 0.577. The summed E-state index contributed by atoms with van der Waals surface area (Å²) < 4.78 is 26.5. The van der Waals surface area contributed by atoms with Crippen molar-refractivity contribution in [3.8, 4) is 18.4 Å². The van der Waals surface area contributed by atoms with Crippen molar-refractivity contribution in [3.63, 3.8) is 0 Å². The summed E-state index contributed by atoms with van der Waals surface area (Å²) in [5, 5.41) is 8.93. The number of benzene rings is 1. The normalized spacial score (nSPS) is 10.6. The Kier molecular flexibility index (Phi) is 5.37. The molecule has 6 heteroatoms. The van der Waals surface area contributed by atoms with Gasteiger partial charge in [-0.25, -0.2) is 13.1 Å². The highest BCUT2D eigenvalue weighted by Crippen LogP contribution is 2.17. The van der Waals surface area contributed by atoms with Crippen molar-refractivity contribution in [1.29, 1.82) is 5.26 Å². The molecule has 0 amide bonds. The molecule has 0 aliphatic rings. The maximum Gasteiger partial charge on any atom is 0.241 e. The number of nitrogens with two attached hydrogens (primary N) is 1. The highest BCUT2D eigenvalue weighted by Gasteiger charge is 2.17. The van der Waals surface area contributed by atoms with Crippen molar-refractivity contribution >= 4 is 15.7 Å². The molecular formula is C13H15N3O2S. The van der Waals surface area contributed by atoms with Gasteiger partial charge in [0.1, 0.15) is 6.07 Å². The second-order valence-corrected chi connectivity index (χ2v) is 5.66. The summed E-state index contributed by atoms with van der Waals surface area (Å²) in [6.45, 7) is 0.291. The largest absolute Gasteiger partial charge is 0.399 e. The van der Waals surface area contributed by atoms with Crippen LogP contribution in [0.1, 0.15) is 24.8 Å². The number of terminal acetylenes is 1. The van der Waals surface area contributed by atoms with Crippen molar-refractivity contribution in [2.24, 2.45) is 0 Å². The highest BCUT2D eigenvalue weighted by molar-refractivity contribution is 7.89. The van der Waals surface area contributed by atoms with Crippen LogP contribution in [0.3, 0.4) is 0 Å². The lowest BCUT2D eigenvalue weighted by Crippen LogP contribution is -2.25. The first-order valence-electron chi connectivity index (χ1n) is 5.74. The Morgan fingerprint density at radius 3 is 2.74 bits per heavy atom. The molecule has 1 aromatic carbocycles. The van der Waals surface area contributed by atoms with E-state index in [2.05, 4.69) is 10.6 Å². The van der Waals surface area contributed by atoms with E-state index in [-0.39, 0.29) is 10.5 Å². The Morgan fingerprint density at radius 1 is 1.37 bits per heavy atom. The van der Waals surface area contributed by atoms with Gasteiger partial charge in [0.05, 0.1) is 10.5 Å². The second-order valence-electron chi connectivity index (χ2n) is 3.93. The topological polar surface area (TPSA) is 96.0 Å². The number of rotatable bonds is 6. The minimum Gasteiger partial charge on any atom is -0.399 e. The Hall–Kier alpha value is -2.02. The van der Waals surface area contributed by atoms with Crippen LogP contribution in [0.5, 0.6) is 0 Å². The Balaban J connectivity index is 2.79. The summed E-state index contributed by atoms with van der Waals surface area (Å²) in [6.07, 6.45) is 7.13. The summed E-state index contributed by atoms with van der Waals surface area (Å²) >= 11 is 0. The zero-order valence-electron chi connectivity index (χ0n) is 10.4. The number of hydrogen-bond donors (Lipinski definition) is 2. The van der Waals surface area contributed by atoms with Gasteiger partial charge >= 0.3 is 0 Å². The van der Waals surface area contributed by atoms with Gasteiger partial charge in [-0.1, -0.05) is 0 Å². The predicted molar refractivity (Wildman–Crippen MR) is 73.4 cm³/mol. The molecule has 0 unspecified atom stereocenters. The van der Waals surface area contributed by atoms with Gasteiger partial charge in [-0.15, -0.1) is 12.3 Å². The lowest BCUT2D eigenvalue weighted by Gasteiger charge is -2.08.